The summed E-state index contributed by atoms with van der Waals surface area (Å²) in [6.45, 7) is 2.06. The van der Waals surface area contributed by atoms with E-state index < -0.39 is 15.9 Å². The van der Waals surface area contributed by atoms with E-state index in [0.717, 1.165) is 35.1 Å². The van der Waals surface area contributed by atoms with Gasteiger partial charge in [0.15, 0.2) is 0 Å². The Balaban J connectivity index is 1.71. The fourth-order valence-corrected chi connectivity index (χ4v) is 5.13. The van der Waals surface area contributed by atoms with E-state index >= 15 is 0 Å². The minimum atomic E-state index is -3.99. The predicted molar refractivity (Wildman–Crippen MR) is 131 cm³/mol. The van der Waals surface area contributed by atoms with Crippen molar-refractivity contribution in [3.8, 4) is 0 Å². The molecule has 0 aliphatic rings. The van der Waals surface area contributed by atoms with Gasteiger partial charge in [0.25, 0.3) is 15.9 Å². The van der Waals surface area contributed by atoms with Crippen molar-refractivity contribution in [3.05, 3.63) is 99.2 Å². The molecule has 0 unspecified atom stereocenters. The van der Waals surface area contributed by atoms with Gasteiger partial charge in [0.1, 0.15) is 11.3 Å². The van der Waals surface area contributed by atoms with Crippen molar-refractivity contribution in [2.75, 3.05) is 0 Å². The van der Waals surface area contributed by atoms with Crippen LogP contribution in [0.2, 0.25) is 10.0 Å². The van der Waals surface area contributed by atoms with E-state index in [1.54, 1.807) is 48.5 Å². The molecule has 4 rings (SSSR count). The van der Waals surface area contributed by atoms with E-state index in [9.17, 15) is 13.2 Å². The largest absolute Gasteiger partial charge is 0.461 e. The van der Waals surface area contributed by atoms with E-state index in [2.05, 4.69) is 11.6 Å². The van der Waals surface area contributed by atoms with Crippen LogP contribution in [0.25, 0.3) is 11.0 Å². The summed E-state index contributed by atoms with van der Waals surface area (Å²) >= 11 is 12.4. The number of carbonyl (C=O) groups excluding carboxylic acids is 1. The molecule has 0 atom stereocenters. The maximum Gasteiger partial charge on any atom is 0.265 e. The summed E-state index contributed by atoms with van der Waals surface area (Å²) in [5.74, 6) is 0.0995. The van der Waals surface area contributed by atoms with Gasteiger partial charge < -0.3 is 4.42 Å². The minimum absolute atomic E-state index is 0.0195. The highest BCUT2D eigenvalue weighted by atomic mass is 35.5. The summed E-state index contributed by atoms with van der Waals surface area (Å²) in [5, 5.41) is 1.84. The van der Waals surface area contributed by atoms with Crippen molar-refractivity contribution < 1.29 is 17.6 Å². The molecule has 1 N–H and O–H groups in total. The zero-order valence-corrected chi connectivity index (χ0v) is 20.1. The predicted octanol–water partition coefficient (Wildman–Crippen LogP) is 6.40. The van der Waals surface area contributed by atoms with Crippen LogP contribution in [0, 0.1) is 0 Å². The summed E-state index contributed by atoms with van der Waals surface area (Å²) in [6, 6.07) is 18.0. The smallest absolute Gasteiger partial charge is 0.265 e. The average Bonchev–Trinajstić information content (AvgIpc) is 3.12. The van der Waals surface area contributed by atoms with Crippen LogP contribution >= 0.6 is 23.2 Å². The Kier molecular flexibility index (Phi) is 6.79. The lowest BCUT2D eigenvalue weighted by molar-refractivity contribution is 0.0981. The van der Waals surface area contributed by atoms with Gasteiger partial charge >= 0.3 is 0 Å². The van der Waals surface area contributed by atoms with Crippen molar-refractivity contribution in [1.29, 1.82) is 0 Å². The average molecular weight is 502 g/mol. The second-order valence-electron chi connectivity index (χ2n) is 7.62. The highest BCUT2D eigenvalue weighted by Gasteiger charge is 2.21. The molecule has 0 saturated heterocycles. The Morgan fingerprint density at radius 3 is 2.45 bits per heavy atom. The lowest BCUT2D eigenvalue weighted by Gasteiger charge is -2.08. The Hall–Kier alpha value is -2.80. The molecule has 5 nitrogen and oxygen atoms in total. The van der Waals surface area contributed by atoms with Crippen molar-refractivity contribution in [2.24, 2.45) is 0 Å². The summed E-state index contributed by atoms with van der Waals surface area (Å²) in [6.07, 6.45) is 2.09. The first-order chi connectivity index (χ1) is 15.8. The number of nitrogens with one attached hydrogen (secondary N) is 1. The number of aryl methyl sites for hydroxylation is 1. The SMILES string of the molecule is CCCc1oc2ccc(C(=O)NS(=O)(=O)c3ccccc3)cc2c1Cc1ccc(Cl)cc1Cl. The van der Waals surface area contributed by atoms with Crippen LogP contribution in [0.15, 0.2) is 76.0 Å². The summed E-state index contributed by atoms with van der Waals surface area (Å²) in [4.78, 5) is 12.8. The van der Waals surface area contributed by atoms with E-state index in [0.29, 0.717) is 22.0 Å². The molecule has 3 aromatic carbocycles. The van der Waals surface area contributed by atoms with Crippen molar-refractivity contribution >= 4 is 50.1 Å². The van der Waals surface area contributed by atoms with Gasteiger partial charge in [-0.2, -0.15) is 0 Å². The zero-order chi connectivity index (χ0) is 23.6. The molecule has 170 valence electrons. The Morgan fingerprint density at radius 2 is 1.76 bits per heavy atom. The second-order valence-corrected chi connectivity index (χ2v) is 10.2. The van der Waals surface area contributed by atoms with Gasteiger partial charge in [0.2, 0.25) is 0 Å². The maximum absolute atomic E-state index is 12.8. The van der Waals surface area contributed by atoms with Crippen LogP contribution < -0.4 is 4.72 Å². The van der Waals surface area contributed by atoms with E-state index in [4.69, 9.17) is 27.6 Å². The third-order valence-corrected chi connectivity index (χ3v) is 7.21. The normalized spacial score (nSPS) is 11.6. The van der Waals surface area contributed by atoms with Crippen LogP contribution in [-0.4, -0.2) is 14.3 Å². The molecule has 4 aromatic rings. The molecule has 0 aliphatic carbocycles. The molecular weight excluding hydrogens is 481 g/mol. The summed E-state index contributed by atoms with van der Waals surface area (Å²) in [7, 11) is -3.99. The third-order valence-electron chi connectivity index (χ3n) is 5.28. The second kappa shape index (κ2) is 9.59. The van der Waals surface area contributed by atoms with Gasteiger partial charge in [-0.05, 0) is 54.4 Å². The monoisotopic (exact) mass is 501 g/mol. The third kappa shape index (κ3) is 5.08. The maximum atomic E-state index is 12.8. The Labute approximate surface area is 202 Å². The lowest BCUT2D eigenvalue weighted by atomic mass is 9.99. The molecule has 1 amide bonds. The molecule has 0 spiro atoms. The van der Waals surface area contributed by atoms with Crippen molar-refractivity contribution in [2.45, 2.75) is 31.1 Å². The number of amides is 1. The van der Waals surface area contributed by atoms with Gasteiger partial charge in [-0.15, -0.1) is 0 Å². The number of hydrogen-bond donors (Lipinski definition) is 1. The van der Waals surface area contributed by atoms with Gasteiger partial charge in [-0.1, -0.05) is 54.4 Å². The number of hydrogen-bond acceptors (Lipinski definition) is 4. The van der Waals surface area contributed by atoms with Crippen molar-refractivity contribution in [3.63, 3.8) is 0 Å². The number of furan rings is 1. The fraction of sp³-hybridized carbons (Fsp3) is 0.160. The minimum Gasteiger partial charge on any atom is -0.461 e. The van der Waals surface area contributed by atoms with Crippen LogP contribution in [0.1, 0.15) is 40.6 Å². The Morgan fingerprint density at radius 1 is 1.00 bits per heavy atom. The quantitative estimate of drug-likeness (QED) is 0.317. The fourth-order valence-electron chi connectivity index (χ4n) is 3.66. The molecule has 8 heteroatoms. The zero-order valence-electron chi connectivity index (χ0n) is 17.8. The van der Waals surface area contributed by atoms with Crippen LogP contribution in [0.5, 0.6) is 0 Å². The van der Waals surface area contributed by atoms with Crippen LogP contribution in [-0.2, 0) is 22.9 Å². The molecular formula is C25H21Cl2NO4S. The topological polar surface area (TPSA) is 76.4 Å². The highest BCUT2D eigenvalue weighted by molar-refractivity contribution is 7.90. The van der Waals surface area contributed by atoms with E-state index in [1.807, 2.05) is 6.07 Å². The van der Waals surface area contributed by atoms with Gasteiger partial charge in [0.05, 0.1) is 4.90 Å². The molecule has 1 heterocycles. The first kappa shape index (κ1) is 23.4. The first-order valence-corrected chi connectivity index (χ1v) is 12.6. The molecule has 0 aliphatic heterocycles. The molecule has 0 fully saturated rings. The standard InChI is InChI=1S/C25H21Cl2NO4S/c1-2-6-23-20(13-16-9-11-18(26)15-22(16)27)21-14-17(10-12-24(21)32-23)25(29)28-33(30,31)19-7-4-3-5-8-19/h3-5,7-12,14-15H,2,6,13H2,1H3,(H,28,29). The number of halogens is 2. The van der Waals surface area contributed by atoms with Gasteiger partial charge in [-0.25, -0.2) is 13.1 Å². The molecule has 0 radical (unpaired) electrons. The number of carbonyl (C=O) groups is 1. The number of fused-ring (bicyclic) bond motifs is 1. The number of benzene rings is 3. The molecule has 0 saturated carbocycles. The molecule has 33 heavy (non-hydrogen) atoms. The lowest BCUT2D eigenvalue weighted by Crippen LogP contribution is -2.30. The van der Waals surface area contributed by atoms with Gasteiger partial charge in [-0.3, -0.25) is 4.79 Å². The summed E-state index contributed by atoms with van der Waals surface area (Å²) in [5.41, 5.74) is 2.63. The van der Waals surface area contributed by atoms with E-state index in [1.165, 1.54) is 12.1 Å². The highest BCUT2D eigenvalue weighted by Crippen LogP contribution is 2.32. The molecule has 0 bridgehead atoms. The van der Waals surface area contributed by atoms with E-state index in [-0.39, 0.29) is 10.5 Å². The Bertz CT molecular complexity index is 1430. The summed E-state index contributed by atoms with van der Waals surface area (Å²) < 4.78 is 33.3. The molecule has 1 aromatic heterocycles. The first-order valence-electron chi connectivity index (χ1n) is 10.4. The van der Waals surface area contributed by atoms with Crippen LogP contribution in [0.3, 0.4) is 0 Å². The van der Waals surface area contributed by atoms with Crippen LogP contribution in [0.4, 0.5) is 0 Å². The number of rotatable bonds is 7. The van der Waals surface area contributed by atoms with Gasteiger partial charge in [0, 0.05) is 39.4 Å². The van der Waals surface area contributed by atoms with Crippen molar-refractivity contribution in [1.82, 2.24) is 4.72 Å². The number of sulfonamides is 1.